The van der Waals surface area contributed by atoms with E-state index in [0.29, 0.717) is 5.56 Å². The topological polar surface area (TPSA) is 71.5 Å². The second-order valence-corrected chi connectivity index (χ2v) is 5.27. The van der Waals surface area contributed by atoms with Crippen LogP contribution in [0.25, 0.3) is 0 Å². The first-order valence-electron chi connectivity index (χ1n) is 5.80. The minimum atomic E-state index is 0.0714. The third kappa shape index (κ3) is 3.26. The van der Waals surface area contributed by atoms with Crippen molar-refractivity contribution in [1.82, 2.24) is 4.98 Å². The first kappa shape index (κ1) is 13.4. The normalized spacial score (nSPS) is 11.6. The Morgan fingerprint density at radius 3 is 2.47 bits per heavy atom. The maximum absolute atomic E-state index is 8.81. The minimum absolute atomic E-state index is 0.0714. The van der Waals surface area contributed by atoms with E-state index >= 15 is 0 Å². The molecular formula is C14H15N3OS. The van der Waals surface area contributed by atoms with E-state index in [1.807, 2.05) is 50.2 Å². The van der Waals surface area contributed by atoms with Gasteiger partial charge in [0.1, 0.15) is 5.03 Å². The molecule has 1 aromatic heterocycles. The number of oxime groups is 1. The average Bonchev–Trinajstić information content (AvgIpc) is 2.41. The Kier molecular flexibility index (Phi) is 4.06. The molecule has 0 radical (unpaired) electrons. The summed E-state index contributed by atoms with van der Waals surface area (Å²) in [5.41, 5.74) is 8.41. The summed E-state index contributed by atoms with van der Waals surface area (Å²) in [5, 5.41) is 12.6. The van der Waals surface area contributed by atoms with Gasteiger partial charge in [0.05, 0.1) is 5.56 Å². The number of hydrogen-bond donors (Lipinski definition) is 2. The molecular weight excluding hydrogens is 258 g/mol. The van der Waals surface area contributed by atoms with Crippen molar-refractivity contribution in [2.75, 3.05) is 0 Å². The predicted molar refractivity (Wildman–Crippen MR) is 76.8 cm³/mol. The van der Waals surface area contributed by atoms with E-state index in [2.05, 4.69) is 10.1 Å². The zero-order valence-corrected chi connectivity index (χ0v) is 11.6. The van der Waals surface area contributed by atoms with Crippen molar-refractivity contribution in [3.8, 4) is 0 Å². The number of aryl methyl sites for hydroxylation is 2. The molecule has 0 saturated heterocycles. The van der Waals surface area contributed by atoms with Crippen LogP contribution in [0.2, 0.25) is 0 Å². The zero-order chi connectivity index (χ0) is 13.8. The lowest BCUT2D eigenvalue weighted by Gasteiger charge is -2.08. The molecule has 0 atom stereocenters. The standard InChI is InChI=1S/C14H15N3OS/c1-9-3-6-11(7-4-9)19-14-12(13(15)17-18)8-5-10(2)16-14/h3-8,18H,1-2H3,(H2,15,17). The van der Waals surface area contributed by atoms with Crippen LogP contribution in [-0.4, -0.2) is 16.0 Å². The van der Waals surface area contributed by atoms with Gasteiger partial charge in [0.25, 0.3) is 0 Å². The molecule has 0 amide bonds. The number of nitrogens with zero attached hydrogens (tertiary/aromatic N) is 2. The van der Waals surface area contributed by atoms with Gasteiger partial charge in [0.15, 0.2) is 5.84 Å². The average molecular weight is 273 g/mol. The number of hydrogen-bond acceptors (Lipinski definition) is 4. The van der Waals surface area contributed by atoms with E-state index in [1.165, 1.54) is 17.3 Å². The fraction of sp³-hybridized carbons (Fsp3) is 0.143. The van der Waals surface area contributed by atoms with Crippen molar-refractivity contribution in [3.05, 3.63) is 53.2 Å². The van der Waals surface area contributed by atoms with Gasteiger partial charge in [-0.2, -0.15) is 0 Å². The number of pyridine rings is 1. The van der Waals surface area contributed by atoms with Crippen LogP contribution >= 0.6 is 11.8 Å². The van der Waals surface area contributed by atoms with Crippen LogP contribution < -0.4 is 5.73 Å². The van der Waals surface area contributed by atoms with Gasteiger partial charge >= 0.3 is 0 Å². The lowest BCUT2D eigenvalue weighted by Crippen LogP contribution is -2.15. The van der Waals surface area contributed by atoms with Gasteiger partial charge in [-0.3, -0.25) is 0 Å². The van der Waals surface area contributed by atoms with Crippen molar-refractivity contribution < 1.29 is 5.21 Å². The summed E-state index contributed by atoms with van der Waals surface area (Å²) in [4.78, 5) is 5.52. The highest BCUT2D eigenvalue weighted by Gasteiger charge is 2.10. The van der Waals surface area contributed by atoms with E-state index in [-0.39, 0.29) is 5.84 Å². The molecule has 0 unspecified atom stereocenters. The fourth-order valence-corrected chi connectivity index (χ4v) is 2.55. The van der Waals surface area contributed by atoms with Crippen molar-refractivity contribution >= 4 is 17.6 Å². The molecule has 0 aliphatic carbocycles. The predicted octanol–water partition coefficient (Wildman–Crippen LogP) is 2.94. The van der Waals surface area contributed by atoms with Crippen molar-refractivity contribution in [2.45, 2.75) is 23.8 Å². The number of amidine groups is 1. The molecule has 0 aliphatic rings. The smallest absolute Gasteiger partial charge is 0.172 e. The molecule has 0 saturated carbocycles. The highest BCUT2D eigenvalue weighted by atomic mass is 32.2. The van der Waals surface area contributed by atoms with E-state index in [1.54, 1.807) is 0 Å². The molecule has 0 spiro atoms. The zero-order valence-electron chi connectivity index (χ0n) is 10.8. The summed E-state index contributed by atoms with van der Waals surface area (Å²) >= 11 is 1.50. The Balaban J connectivity index is 2.38. The first-order chi connectivity index (χ1) is 9.10. The number of nitrogens with two attached hydrogens (primary N) is 1. The van der Waals surface area contributed by atoms with Gasteiger partial charge in [-0.1, -0.05) is 34.6 Å². The lowest BCUT2D eigenvalue weighted by molar-refractivity contribution is 0.318. The van der Waals surface area contributed by atoms with E-state index < -0.39 is 0 Å². The summed E-state index contributed by atoms with van der Waals surface area (Å²) in [6.45, 7) is 3.95. The number of aromatic nitrogens is 1. The Hall–Kier alpha value is -2.01. The fourth-order valence-electron chi connectivity index (χ4n) is 1.58. The molecule has 0 aliphatic heterocycles. The number of benzene rings is 1. The van der Waals surface area contributed by atoms with Crippen molar-refractivity contribution in [2.24, 2.45) is 10.9 Å². The molecule has 3 N–H and O–H groups in total. The van der Waals surface area contributed by atoms with Gasteiger partial charge in [0, 0.05) is 10.6 Å². The Labute approximate surface area is 116 Å². The van der Waals surface area contributed by atoms with E-state index in [0.717, 1.165) is 15.6 Å². The van der Waals surface area contributed by atoms with Crippen LogP contribution in [-0.2, 0) is 0 Å². The summed E-state index contributed by atoms with van der Waals surface area (Å²) in [6.07, 6.45) is 0. The minimum Gasteiger partial charge on any atom is -0.409 e. The summed E-state index contributed by atoms with van der Waals surface area (Å²) < 4.78 is 0. The molecule has 2 aromatic rings. The molecule has 5 heteroatoms. The van der Waals surface area contributed by atoms with Crippen molar-refractivity contribution in [1.29, 1.82) is 0 Å². The molecule has 2 rings (SSSR count). The van der Waals surface area contributed by atoms with Crippen LogP contribution in [0.4, 0.5) is 0 Å². The molecule has 1 aromatic carbocycles. The second-order valence-electron chi connectivity index (χ2n) is 4.21. The monoisotopic (exact) mass is 273 g/mol. The molecule has 0 fully saturated rings. The highest BCUT2D eigenvalue weighted by molar-refractivity contribution is 7.99. The van der Waals surface area contributed by atoms with Gasteiger partial charge in [-0.25, -0.2) is 4.98 Å². The third-order valence-corrected chi connectivity index (χ3v) is 3.63. The van der Waals surface area contributed by atoms with Crippen LogP contribution in [0.1, 0.15) is 16.8 Å². The van der Waals surface area contributed by atoms with E-state index in [9.17, 15) is 0 Å². The Morgan fingerprint density at radius 1 is 1.16 bits per heavy atom. The van der Waals surface area contributed by atoms with Gasteiger partial charge < -0.3 is 10.9 Å². The third-order valence-electron chi connectivity index (χ3n) is 2.62. The quantitative estimate of drug-likeness (QED) is 0.390. The maximum atomic E-state index is 8.81. The van der Waals surface area contributed by atoms with Crippen LogP contribution in [0.3, 0.4) is 0 Å². The van der Waals surface area contributed by atoms with Gasteiger partial charge in [-0.05, 0) is 38.1 Å². The van der Waals surface area contributed by atoms with Crippen molar-refractivity contribution in [3.63, 3.8) is 0 Å². The molecule has 4 nitrogen and oxygen atoms in total. The van der Waals surface area contributed by atoms with Gasteiger partial charge in [0.2, 0.25) is 0 Å². The largest absolute Gasteiger partial charge is 0.409 e. The molecule has 19 heavy (non-hydrogen) atoms. The Bertz CT molecular complexity index is 609. The second kappa shape index (κ2) is 5.75. The highest BCUT2D eigenvalue weighted by Crippen LogP contribution is 2.29. The molecule has 98 valence electrons. The first-order valence-corrected chi connectivity index (χ1v) is 6.62. The molecule has 1 heterocycles. The van der Waals surface area contributed by atoms with Crippen LogP contribution in [0, 0.1) is 13.8 Å². The summed E-state index contributed by atoms with van der Waals surface area (Å²) in [7, 11) is 0. The van der Waals surface area contributed by atoms with Crippen LogP contribution in [0.15, 0.2) is 51.5 Å². The maximum Gasteiger partial charge on any atom is 0.172 e. The van der Waals surface area contributed by atoms with Crippen LogP contribution in [0.5, 0.6) is 0 Å². The van der Waals surface area contributed by atoms with E-state index in [4.69, 9.17) is 10.9 Å². The van der Waals surface area contributed by atoms with Gasteiger partial charge in [-0.15, -0.1) is 0 Å². The lowest BCUT2D eigenvalue weighted by atomic mass is 10.2. The summed E-state index contributed by atoms with van der Waals surface area (Å²) in [6, 6.07) is 11.8. The SMILES string of the molecule is Cc1ccc(Sc2nc(C)ccc2C(N)=NO)cc1. The Morgan fingerprint density at radius 2 is 1.84 bits per heavy atom. The number of rotatable bonds is 3. The summed E-state index contributed by atoms with van der Waals surface area (Å²) in [5.74, 6) is 0.0714. The molecule has 0 bridgehead atoms.